The average molecular weight is 342 g/mol. The molecule has 1 aliphatic heterocycles. The molecule has 1 atom stereocenters. The Bertz CT molecular complexity index is 791. The molecule has 8 heteroatoms. The fraction of sp³-hybridized carbons (Fsp3) is 0.294. The first kappa shape index (κ1) is 16.6. The molecule has 2 aromatic rings. The topological polar surface area (TPSA) is 88.3 Å². The molecule has 1 amide bonds. The van der Waals surface area contributed by atoms with E-state index in [-0.39, 0.29) is 36.0 Å². The van der Waals surface area contributed by atoms with Gasteiger partial charge in [-0.1, -0.05) is 0 Å². The standard InChI is InChI=1S/C17H15FN4O3/c18-12-1-3-13(4-2-12)24-11-16(23)22-8-5-14(10-22)25-17-15(9-19)20-6-7-21-17/h1-4,6-7,14H,5,8,10-11H2. The Kier molecular flexibility index (Phi) is 5.04. The highest BCUT2D eigenvalue weighted by atomic mass is 19.1. The minimum absolute atomic E-state index is 0.118. The zero-order chi connectivity index (χ0) is 17.6. The first-order valence-electron chi connectivity index (χ1n) is 7.69. The predicted octanol–water partition coefficient (Wildman–Crippen LogP) is 1.55. The van der Waals surface area contributed by atoms with E-state index in [2.05, 4.69) is 9.97 Å². The number of halogens is 1. The third-order valence-electron chi connectivity index (χ3n) is 3.72. The molecule has 1 unspecified atom stereocenters. The zero-order valence-electron chi connectivity index (χ0n) is 13.3. The molecule has 1 saturated heterocycles. The minimum Gasteiger partial charge on any atom is -0.484 e. The molecule has 2 heterocycles. The Morgan fingerprint density at radius 2 is 2.08 bits per heavy atom. The molecule has 1 fully saturated rings. The summed E-state index contributed by atoms with van der Waals surface area (Å²) in [5, 5.41) is 8.99. The smallest absolute Gasteiger partial charge is 0.260 e. The first-order valence-corrected chi connectivity index (χ1v) is 7.69. The number of carbonyl (C=O) groups is 1. The summed E-state index contributed by atoms with van der Waals surface area (Å²) >= 11 is 0. The summed E-state index contributed by atoms with van der Waals surface area (Å²) in [7, 11) is 0. The second kappa shape index (κ2) is 7.57. The van der Waals surface area contributed by atoms with Gasteiger partial charge in [-0.15, -0.1) is 0 Å². The highest BCUT2D eigenvalue weighted by Gasteiger charge is 2.28. The number of aromatic nitrogens is 2. The van der Waals surface area contributed by atoms with E-state index >= 15 is 0 Å². The van der Waals surface area contributed by atoms with Gasteiger partial charge >= 0.3 is 0 Å². The van der Waals surface area contributed by atoms with Gasteiger partial charge in [-0.3, -0.25) is 4.79 Å². The number of ether oxygens (including phenoxy) is 2. The monoisotopic (exact) mass is 342 g/mol. The van der Waals surface area contributed by atoms with Gasteiger partial charge in [0.1, 0.15) is 23.7 Å². The van der Waals surface area contributed by atoms with Crippen LogP contribution in [0, 0.1) is 17.1 Å². The van der Waals surface area contributed by atoms with Crippen molar-refractivity contribution in [3.63, 3.8) is 0 Å². The number of hydrogen-bond donors (Lipinski definition) is 0. The Labute approximate surface area is 143 Å². The number of benzene rings is 1. The second-order valence-corrected chi connectivity index (χ2v) is 5.43. The summed E-state index contributed by atoms with van der Waals surface area (Å²) in [6.45, 7) is 0.776. The Morgan fingerprint density at radius 3 is 2.84 bits per heavy atom. The molecule has 0 aliphatic carbocycles. The first-order chi connectivity index (χ1) is 12.2. The van der Waals surface area contributed by atoms with Crippen molar-refractivity contribution in [3.8, 4) is 17.7 Å². The van der Waals surface area contributed by atoms with Crippen LogP contribution in [-0.4, -0.2) is 46.6 Å². The maximum Gasteiger partial charge on any atom is 0.260 e. The average Bonchev–Trinajstić information content (AvgIpc) is 3.10. The van der Waals surface area contributed by atoms with E-state index < -0.39 is 0 Å². The molecule has 1 aromatic carbocycles. The number of likely N-dealkylation sites (tertiary alicyclic amines) is 1. The van der Waals surface area contributed by atoms with Crippen molar-refractivity contribution in [1.82, 2.24) is 14.9 Å². The number of amides is 1. The third kappa shape index (κ3) is 4.20. The fourth-order valence-corrected chi connectivity index (χ4v) is 2.46. The van der Waals surface area contributed by atoms with Gasteiger partial charge in [0.05, 0.1) is 6.54 Å². The SMILES string of the molecule is N#Cc1nccnc1OC1CCN(C(=O)COc2ccc(F)cc2)C1. The lowest BCUT2D eigenvalue weighted by Gasteiger charge is -2.17. The van der Waals surface area contributed by atoms with Crippen molar-refractivity contribution in [2.24, 2.45) is 0 Å². The van der Waals surface area contributed by atoms with Crippen LogP contribution in [0.25, 0.3) is 0 Å². The molecule has 1 aliphatic rings. The Hall–Kier alpha value is -3.21. The molecule has 0 saturated carbocycles. The lowest BCUT2D eigenvalue weighted by atomic mass is 10.3. The summed E-state index contributed by atoms with van der Waals surface area (Å²) < 4.78 is 23.9. The van der Waals surface area contributed by atoms with Gasteiger partial charge in [0.25, 0.3) is 11.8 Å². The lowest BCUT2D eigenvalue weighted by Crippen LogP contribution is -2.34. The van der Waals surface area contributed by atoms with Gasteiger partial charge in [0.2, 0.25) is 5.69 Å². The summed E-state index contributed by atoms with van der Waals surface area (Å²) in [5.74, 6) is 0.0564. The summed E-state index contributed by atoms with van der Waals surface area (Å²) in [6, 6.07) is 7.40. The largest absolute Gasteiger partial charge is 0.484 e. The maximum absolute atomic E-state index is 12.8. The van der Waals surface area contributed by atoms with Crippen LogP contribution in [0.1, 0.15) is 12.1 Å². The molecular formula is C17H15FN4O3. The van der Waals surface area contributed by atoms with Crippen LogP contribution in [0.3, 0.4) is 0 Å². The van der Waals surface area contributed by atoms with E-state index in [4.69, 9.17) is 14.7 Å². The van der Waals surface area contributed by atoms with Gasteiger partial charge in [-0.05, 0) is 24.3 Å². The number of rotatable bonds is 5. The summed E-state index contributed by atoms with van der Waals surface area (Å²) in [4.78, 5) is 21.7. The van der Waals surface area contributed by atoms with E-state index in [1.165, 1.54) is 36.7 Å². The van der Waals surface area contributed by atoms with Gasteiger partial charge in [-0.2, -0.15) is 5.26 Å². The molecule has 128 valence electrons. The predicted molar refractivity (Wildman–Crippen MR) is 84.3 cm³/mol. The molecular weight excluding hydrogens is 327 g/mol. The van der Waals surface area contributed by atoms with Crippen molar-refractivity contribution in [1.29, 1.82) is 5.26 Å². The van der Waals surface area contributed by atoms with Crippen LogP contribution in [0.4, 0.5) is 4.39 Å². The molecule has 0 spiro atoms. The third-order valence-corrected chi connectivity index (χ3v) is 3.72. The molecule has 0 radical (unpaired) electrons. The Balaban J connectivity index is 1.51. The van der Waals surface area contributed by atoms with Crippen LogP contribution >= 0.6 is 0 Å². The zero-order valence-corrected chi connectivity index (χ0v) is 13.3. The number of carbonyl (C=O) groups excluding carboxylic acids is 1. The lowest BCUT2D eigenvalue weighted by molar-refractivity contribution is -0.132. The van der Waals surface area contributed by atoms with Crippen molar-refractivity contribution in [2.75, 3.05) is 19.7 Å². The van der Waals surface area contributed by atoms with Crippen LogP contribution in [0.2, 0.25) is 0 Å². The van der Waals surface area contributed by atoms with Crippen LogP contribution in [0.15, 0.2) is 36.7 Å². The van der Waals surface area contributed by atoms with E-state index in [0.717, 1.165) is 0 Å². The van der Waals surface area contributed by atoms with Crippen molar-refractivity contribution < 1.29 is 18.7 Å². The van der Waals surface area contributed by atoms with Gasteiger partial charge in [0.15, 0.2) is 6.61 Å². The number of hydrogen-bond acceptors (Lipinski definition) is 6. The molecule has 3 rings (SSSR count). The van der Waals surface area contributed by atoms with Crippen LogP contribution in [0.5, 0.6) is 11.6 Å². The highest BCUT2D eigenvalue weighted by Crippen LogP contribution is 2.19. The molecule has 0 N–H and O–H groups in total. The molecule has 0 bridgehead atoms. The molecule has 25 heavy (non-hydrogen) atoms. The van der Waals surface area contributed by atoms with E-state index in [1.807, 2.05) is 6.07 Å². The van der Waals surface area contributed by atoms with Crippen molar-refractivity contribution >= 4 is 5.91 Å². The van der Waals surface area contributed by atoms with E-state index in [1.54, 1.807) is 4.90 Å². The summed E-state index contributed by atoms with van der Waals surface area (Å²) in [6.07, 6.45) is 3.25. The molecule has 7 nitrogen and oxygen atoms in total. The van der Waals surface area contributed by atoms with Gasteiger partial charge in [-0.25, -0.2) is 14.4 Å². The van der Waals surface area contributed by atoms with Gasteiger partial charge < -0.3 is 14.4 Å². The summed E-state index contributed by atoms with van der Waals surface area (Å²) in [5.41, 5.74) is 0.118. The number of nitriles is 1. The minimum atomic E-state index is -0.362. The molecule has 1 aromatic heterocycles. The maximum atomic E-state index is 12.8. The van der Waals surface area contributed by atoms with Crippen LogP contribution < -0.4 is 9.47 Å². The van der Waals surface area contributed by atoms with Crippen molar-refractivity contribution in [2.45, 2.75) is 12.5 Å². The highest BCUT2D eigenvalue weighted by molar-refractivity contribution is 5.78. The quantitative estimate of drug-likeness (QED) is 0.819. The van der Waals surface area contributed by atoms with Gasteiger partial charge in [0, 0.05) is 25.4 Å². The van der Waals surface area contributed by atoms with Crippen molar-refractivity contribution in [3.05, 3.63) is 48.2 Å². The second-order valence-electron chi connectivity index (χ2n) is 5.43. The van der Waals surface area contributed by atoms with E-state index in [0.29, 0.717) is 25.3 Å². The number of nitrogens with zero attached hydrogens (tertiary/aromatic N) is 4. The van der Waals surface area contributed by atoms with E-state index in [9.17, 15) is 9.18 Å². The fourth-order valence-electron chi connectivity index (χ4n) is 2.46. The van der Waals surface area contributed by atoms with Crippen LogP contribution in [-0.2, 0) is 4.79 Å². The normalized spacial score (nSPS) is 16.3. The Morgan fingerprint density at radius 1 is 1.32 bits per heavy atom.